The van der Waals surface area contributed by atoms with Crippen LogP contribution in [-0.4, -0.2) is 63.8 Å². The molecule has 2 heterocycles. The van der Waals surface area contributed by atoms with Crippen LogP contribution in [0.3, 0.4) is 0 Å². The van der Waals surface area contributed by atoms with E-state index in [2.05, 4.69) is 15.5 Å². The van der Waals surface area contributed by atoms with Crippen molar-refractivity contribution < 1.29 is 23.5 Å². The van der Waals surface area contributed by atoms with Crippen LogP contribution in [0.5, 0.6) is 5.75 Å². The number of rotatable bonds is 6. The summed E-state index contributed by atoms with van der Waals surface area (Å²) in [5.74, 6) is -0.140. The van der Waals surface area contributed by atoms with E-state index in [0.717, 1.165) is 0 Å². The molecule has 1 atom stereocenters. The maximum absolute atomic E-state index is 14.1. The standard InChI is InChI=1S/C24H27FN4O4/c1-32-17-7-5-6-16(14-17)22-21(23(30)33-2)19(26-24(31)27-22)15-28-10-12-29(13-11-28)20-9-4-3-8-18(20)25/h3-9,14,22H,10-13,15H2,1-2H3,(H2,26,27,31)/t22-/m0/s1. The molecule has 1 fully saturated rings. The van der Waals surface area contributed by atoms with Crippen LogP contribution in [0.4, 0.5) is 14.9 Å². The van der Waals surface area contributed by atoms with Crippen molar-refractivity contribution >= 4 is 17.7 Å². The summed E-state index contributed by atoms with van der Waals surface area (Å²) in [6.07, 6.45) is 0. The van der Waals surface area contributed by atoms with Crippen molar-refractivity contribution in [1.82, 2.24) is 15.5 Å². The number of hydrogen-bond donors (Lipinski definition) is 2. The second-order valence-corrected chi connectivity index (χ2v) is 7.91. The van der Waals surface area contributed by atoms with Gasteiger partial charge in [0, 0.05) is 38.4 Å². The molecule has 2 aromatic rings. The van der Waals surface area contributed by atoms with Crippen molar-refractivity contribution in [2.45, 2.75) is 6.04 Å². The molecule has 0 aliphatic carbocycles. The fourth-order valence-electron chi connectivity index (χ4n) is 4.24. The lowest BCUT2D eigenvalue weighted by Crippen LogP contribution is -2.51. The average molecular weight is 455 g/mol. The van der Waals surface area contributed by atoms with Crippen molar-refractivity contribution in [3.8, 4) is 5.75 Å². The molecule has 2 amide bonds. The van der Waals surface area contributed by atoms with Gasteiger partial charge in [0.2, 0.25) is 0 Å². The number of carbonyl (C=O) groups excluding carboxylic acids is 2. The first-order valence-corrected chi connectivity index (χ1v) is 10.7. The Morgan fingerprint density at radius 2 is 1.85 bits per heavy atom. The monoisotopic (exact) mass is 454 g/mol. The Labute approximate surface area is 192 Å². The van der Waals surface area contributed by atoms with Gasteiger partial charge in [-0.3, -0.25) is 4.90 Å². The van der Waals surface area contributed by atoms with Gasteiger partial charge in [-0.05, 0) is 29.8 Å². The van der Waals surface area contributed by atoms with E-state index in [4.69, 9.17) is 9.47 Å². The molecule has 2 aromatic carbocycles. The number of benzene rings is 2. The number of carbonyl (C=O) groups is 2. The summed E-state index contributed by atoms with van der Waals surface area (Å²) in [6, 6.07) is 12.9. The van der Waals surface area contributed by atoms with Gasteiger partial charge in [-0.15, -0.1) is 0 Å². The summed E-state index contributed by atoms with van der Waals surface area (Å²) in [6.45, 7) is 2.93. The van der Waals surface area contributed by atoms with Crippen LogP contribution in [-0.2, 0) is 9.53 Å². The Morgan fingerprint density at radius 1 is 1.09 bits per heavy atom. The topological polar surface area (TPSA) is 83.1 Å². The third-order valence-corrected chi connectivity index (χ3v) is 5.93. The van der Waals surface area contributed by atoms with Gasteiger partial charge in [-0.2, -0.15) is 0 Å². The second kappa shape index (κ2) is 9.91. The minimum atomic E-state index is -0.670. The van der Waals surface area contributed by atoms with E-state index in [1.54, 1.807) is 37.4 Å². The van der Waals surface area contributed by atoms with Gasteiger partial charge in [-0.1, -0.05) is 24.3 Å². The van der Waals surface area contributed by atoms with E-state index in [1.807, 2.05) is 17.0 Å². The molecule has 9 heteroatoms. The summed E-state index contributed by atoms with van der Waals surface area (Å²) >= 11 is 0. The largest absolute Gasteiger partial charge is 0.497 e. The molecular weight excluding hydrogens is 427 g/mol. The van der Waals surface area contributed by atoms with Crippen molar-refractivity contribution in [1.29, 1.82) is 0 Å². The quantitative estimate of drug-likeness (QED) is 0.653. The second-order valence-electron chi connectivity index (χ2n) is 7.91. The van der Waals surface area contributed by atoms with Crippen LogP contribution in [0.25, 0.3) is 0 Å². The number of nitrogens with zero attached hydrogens (tertiary/aromatic N) is 2. The number of ether oxygens (including phenoxy) is 2. The molecule has 8 nitrogen and oxygen atoms in total. The van der Waals surface area contributed by atoms with Crippen LogP contribution in [0.1, 0.15) is 11.6 Å². The van der Waals surface area contributed by atoms with Crippen molar-refractivity contribution in [3.63, 3.8) is 0 Å². The van der Waals surface area contributed by atoms with Crippen LogP contribution in [0, 0.1) is 5.82 Å². The number of piperazine rings is 1. The maximum atomic E-state index is 14.1. The zero-order valence-corrected chi connectivity index (χ0v) is 18.6. The third-order valence-electron chi connectivity index (χ3n) is 5.93. The Morgan fingerprint density at radius 3 is 2.55 bits per heavy atom. The summed E-state index contributed by atoms with van der Waals surface area (Å²) in [5.41, 5.74) is 2.14. The minimum absolute atomic E-state index is 0.242. The number of anilines is 1. The molecule has 0 spiro atoms. The highest BCUT2D eigenvalue weighted by Crippen LogP contribution is 2.30. The number of hydrogen-bond acceptors (Lipinski definition) is 6. The summed E-state index contributed by atoms with van der Waals surface area (Å²) in [7, 11) is 2.88. The molecule has 4 rings (SSSR count). The molecule has 0 radical (unpaired) electrons. The number of urea groups is 1. The summed E-state index contributed by atoms with van der Waals surface area (Å²) in [5, 5.41) is 5.61. The lowest BCUT2D eigenvalue weighted by molar-refractivity contribution is -0.136. The number of esters is 1. The van der Waals surface area contributed by atoms with Gasteiger partial charge in [0.15, 0.2) is 0 Å². The van der Waals surface area contributed by atoms with Gasteiger partial charge in [0.1, 0.15) is 11.6 Å². The van der Waals surface area contributed by atoms with Crippen LogP contribution >= 0.6 is 0 Å². The molecule has 1 saturated heterocycles. The number of para-hydroxylation sites is 1. The molecular formula is C24H27FN4O4. The zero-order valence-electron chi connectivity index (χ0n) is 18.6. The first-order valence-electron chi connectivity index (χ1n) is 10.7. The first kappa shape index (κ1) is 22.6. The van der Waals surface area contributed by atoms with E-state index >= 15 is 0 Å². The van der Waals surface area contributed by atoms with Crippen LogP contribution < -0.4 is 20.3 Å². The predicted molar refractivity (Wildman–Crippen MR) is 121 cm³/mol. The average Bonchev–Trinajstić information content (AvgIpc) is 2.84. The van der Waals surface area contributed by atoms with Crippen LogP contribution in [0.15, 0.2) is 59.8 Å². The van der Waals surface area contributed by atoms with Gasteiger partial charge in [-0.25, -0.2) is 14.0 Å². The number of nitrogens with one attached hydrogen (secondary N) is 2. The zero-order chi connectivity index (χ0) is 23.4. The van der Waals surface area contributed by atoms with E-state index in [0.29, 0.717) is 61.0 Å². The smallest absolute Gasteiger partial charge is 0.338 e. The lowest BCUT2D eigenvalue weighted by Gasteiger charge is -2.38. The van der Waals surface area contributed by atoms with Crippen molar-refractivity contribution in [2.24, 2.45) is 0 Å². The van der Waals surface area contributed by atoms with Gasteiger partial charge < -0.3 is 25.0 Å². The molecule has 33 heavy (non-hydrogen) atoms. The summed E-state index contributed by atoms with van der Waals surface area (Å²) in [4.78, 5) is 29.4. The molecule has 2 aliphatic rings. The molecule has 0 saturated carbocycles. The predicted octanol–water partition coefficient (Wildman–Crippen LogP) is 2.44. The molecule has 2 aliphatic heterocycles. The van der Waals surface area contributed by atoms with Crippen molar-refractivity contribution in [2.75, 3.05) is 51.8 Å². The summed E-state index contributed by atoms with van der Waals surface area (Å²) < 4.78 is 24.5. The molecule has 174 valence electrons. The fourth-order valence-corrected chi connectivity index (χ4v) is 4.24. The first-order chi connectivity index (χ1) is 16.0. The Bertz CT molecular complexity index is 1070. The number of halogens is 1. The number of amides is 2. The lowest BCUT2D eigenvalue weighted by atomic mass is 9.94. The highest BCUT2D eigenvalue weighted by Gasteiger charge is 2.34. The third kappa shape index (κ3) is 4.93. The van der Waals surface area contributed by atoms with E-state index < -0.39 is 18.0 Å². The molecule has 2 N–H and O–H groups in total. The van der Waals surface area contributed by atoms with E-state index in [-0.39, 0.29) is 5.82 Å². The Kier molecular flexibility index (Phi) is 6.79. The minimum Gasteiger partial charge on any atom is -0.497 e. The van der Waals surface area contributed by atoms with Gasteiger partial charge >= 0.3 is 12.0 Å². The SMILES string of the molecule is COC(=O)C1=C(CN2CCN(c3ccccc3F)CC2)NC(=O)N[C@H]1c1cccc(OC)c1. The van der Waals surface area contributed by atoms with Crippen LogP contribution in [0.2, 0.25) is 0 Å². The highest BCUT2D eigenvalue weighted by atomic mass is 19.1. The van der Waals surface area contributed by atoms with Gasteiger partial charge in [0.25, 0.3) is 0 Å². The highest BCUT2D eigenvalue weighted by molar-refractivity contribution is 5.95. The van der Waals surface area contributed by atoms with E-state index in [9.17, 15) is 14.0 Å². The maximum Gasteiger partial charge on any atom is 0.338 e. The van der Waals surface area contributed by atoms with Gasteiger partial charge in [0.05, 0.1) is 31.5 Å². The fraction of sp³-hybridized carbons (Fsp3) is 0.333. The number of methoxy groups -OCH3 is 2. The Balaban J connectivity index is 1.56. The Hall–Kier alpha value is -3.59. The van der Waals surface area contributed by atoms with E-state index in [1.165, 1.54) is 13.2 Å². The van der Waals surface area contributed by atoms with Crippen molar-refractivity contribution in [3.05, 3.63) is 71.2 Å². The molecule has 0 unspecified atom stereocenters. The normalized spacial score (nSPS) is 19.1. The molecule has 0 aromatic heterocycles. The molecule has 0 bridgehead atoms.